The third-order valence-corrected chi connectivity index (χ3v) is 4.94. The lowest BCUT2D eigenvalue weighted by Crippen LogP contribution is -2.29. The number of benzene rings is 2. The highest BCUT2D eigenvalue weighted by Gasteiger charge is 2.10. The minimum Gasteiger partial charge on any atom is -0.286 e. The Morgan fingerprint density at radius 2 is 1.91 bits per heavy atom. The third-order valence-electron chi connectivity index (χ3n) is 3.81. The second kappa shape index (κ2) is 6.46. The molecule has 22 heavy (non-hydrogen) atoms. The van der Waals surface area contributed by atoms with E-state index < -0.39 is 0 Å². The van der Waals surface area contributed by atoms with Crippen molar-refractivity contribution in [2.75, 3.05) is 6.54 Å². The largest absolute Gasteiger partial charge is 0.286 e. The van der Waals surface area contributed by atoms with Gasteiger partial charge in [0.05, 0.1) is 6.54 Å². The molecule has 0 bridgehead atoms. The normalized spacial score (nSPS) is 11.2. The van der Waals surface area contributed by atoms with Crippen LogP contribution in [0.4, 0.5) is 0 Å². The molecule has 0 saturated heterocycles. The average Bonchev–Trinajstić information content (AvgIpc) is 2.90. The summed E-state index contributed by atoms with van der Waals surface area (Å²) in [6, 6.07) is 14.8. The Morgan fingerprint density at radius 3 is 2.73 bits per heavy atom. The molecule has 0 aliphatic heterocycles. The molecule has 1 N–H and O–H groups in total. The van der Waals surface area contributed by atoms with Crippen LogP contribution < -0.4 is 0 Å². The van der Waals surface area contributed by atoms with Crippen molar-refractivity contribution < 1.29 is 10.0 Å². The maximum atomic E-state index is 11.6. The summed E-state index contributed by atoms with van der Waals surface area (Å²) in [6.07, 6.45) is 1.81. The molecule has 0 saturated carbocycles. The molecule has 0 unspecified atom stereocenters. The van der Waals surface area contributed by atoms with Gasteiger partial charge in [0.25, 0.3) is 0 Å². The quantitative estimate of drug-likeness (QED) is 0.552. The number of hydroxylamine groups is 2. The Balaban J connectivity index is 1.78. The van der Waals surface area contributed by atoms with Gasteiger partial charge in [-0.25, -0.2) is 5.06 Å². The minimum atomic E-state index is -0.203. The molecule has 0 fully saturated rings. The van der Waals surface area contributed by atoms with Crippen molar-refractivity contribution >= 4 is 37.4 Å². The molecule has 3 aromatic rings. The molecule has 0 spiro atoms. The molecule has 3 nitrogen and oxygen atoms in total. The van der Waals surface area contributed by atoms with E-state index in [1.807, 2.05) is 6.92 Å². The molecule has 4 heteroatoms. The summed E-state index contributed by atoms with van der Waals surface area (Å²) in [5, 5.41) is 13.1. The lowest BCUT2D eigenvalue weighted by Gasteiger charge is -2.14. The Labute approximate surface area is 133 Å². The van der Waals surface area contributed by atoms with Crippen molar-refractivity contribution in [2.45, 2.75) is 26.2 Å². The fraction of sp³-hybridized carbons (Fsp3) is 0.278. The van der Waals surface area contributed by atoms with E-state index in [9.17, 15) is 10.0 Å². The first kappa shape index (κ1) is 15.0. The summed E-state index contributed by atoms with van der Waals surface area (Å²) >= 11 is 1.78. The second-order valence-corrected chi connectivity index (χ2v) is 6.53. The van der Waals surface area contributed by atoms with Crippen molar-refractivity contribution in [3.05, 3.63) is 48.0 Å². The van der Waals surface area contributed by atoms with E-state index in [1.165, 1.54) is 20.2 Å². The van der Waals surface area contributed by atoms with Crippen molar-refractivity contribution in [2.24, 2.45) is 0 Å². The third kappa shape index (κ3) is 2.98. The molecule has 1 heterocycles. The number of fused-ring (bicyclic) bond motifs is 3. The summed E-state index contributed by atoms with van der Waals surface area (Å²) in [4.78, 5) is 11.6. The predicted octanol–water partition coefficient (Wildman–Crippen LogP) is 4.61. The van der Waals surface area contributed by atoms with Gasteiger partial charge in [0.15, 0.2) is 0 Å². The fourth-order valence-electron chi connectivity index (χ4n) is 2.63. The van der Waals surface area contributed by atoms with E-state index in [0.29, 0.717) is 19.4 Å². The van der Waals surface area contributed by atoms with Crippen molar-refractivity contribution in [3.63, 3.8) is 0 Å². The Hall–Kier alpha value is -1.91. The van der Waals surface area contributed by atoms with E-state index in [-0.39, 0.29) is 5.91 Å². The second-order valence-electron chi connectivity index (χ2n) is 5.45. The maximum Gasteiger partial charge on any atom is 0.245 e. The van der Waals surface area contributed by atoms with Crippen molar-refractivity contribution in [1.82, 2.24) is 5.06 Å². The Bertz CT molecular complexity index is 809. The van der Waals surface area contributed by atoms with Crippen LogP contribution in [-0.2, 0) is 11.2 Å². The van der Waals surface area contributed by atoms with Crippen LogP contribution in [0.25, 0.3) is 20.2 Å². The highest BCUT2D eigenvalue weighted by molar-refractivity contribution is 7.25. The molecule has 3 rings (SSSR count). The topological polar surface area (TPSA) is 40.5 Å². The summed E-state index contributed by atoms with van der Waals surface area (Å²) in [7, 11) is 0. The molecule has 0 aliphatic rings. The number of nitrogens with zero attached hydrogens (tertiary/aromatic N) is 1. The van der Waals surface area contributed by atoms with Crippen molar-refractivity contribution in [3.8, 4) is 0 Å². The van der Waals surface area contributed by atoms with Crippen LogP contribution in [0, 0.1) is 0 Å². The molecule has 114 valence electrons. The molecule has 1 amide bonds. The average molecular weight is 313 g/mol. The lowest BCUT2D eigenvalue weighted by molar-refractivity contribution is -0.165. The van der Waals surface area contributed by atoms with Gasteiger partial charge in [-0.2, -0.15) is 0 Å². The lowest BCUT2D eigenvalue weighted by atomic mass is 10.1. The number of thiophene rings is 1. The van der Waals surface area contributed by atoms with Crippen LogP contribution in [0.5, 0.6) is 0 Å². The van der Waals surface area contributed by atoms with Gasteiger partial charge in [0.1, 0.15) is 0 Å². The summed E-state index contributed by atoms with van der Waals surface area (Å²) in [5.41, 5.74) is 1.14. The Morgan fingerprint density at radius 1 is 1.14 bits per heavy atom. The van der Waals surface area contributed by atoms with E-state index in [1.54, 1.807) is 11.3 Å². The van der Waals surface area contributed by atoms with E-state index in [2.05, 4.69) is 42.5 Å². The number of rotatable bonds is 5. The van der Waals surface area contributed by atoms with Gasteiger partial charge < -0.3 is 0 Å². The van der Waals surface area contributed by atoms with Gasteiger partial charge in [0.2, 0.25) is 5.91 Å². The first-order chi connectivity index (χ1) is 10.7. The predicted molar refractivity (Wildman–Crippen MR) is 91.4 cm³/mol. The molecule has 0 radical (unpaired) electrons. The van der Waals surface area contributed by atoms with E-state index >= 15 is 0 Å². The van der Waals surface area contributed by atoms with Gasteiger partial charge in [-0.15, -0.1) is 11.3 Å². The van der Waals surface area contributed by atoms with Gasteiger partial charge in [0, 0.05) is 26.6 Å². The highest BCUT2D eigenvalue weighted by atomic mass is 32.1. The molecule has 0 aliphatic carbocycles. The number of carbonyl (C=O) groups is 1. The molecule has 1 aromatic heterocycles. The van der Waals surface area contributed by atoms with Crippen LogP contribution in [0.1, 0.15) is 25.3 Å². The molecular formula is C18H19NO2S. The molecule has 2 aromatic carbocycles. The summed E-state index contributed by atoms with van der Waals surface area (Å²) in [6.45, 7) is 2.27. The smallest absolute Gasteiger partial charge is 0.245 e. The highest BCUT2D eigenvalue weighted by Crippen LogP contribution is 2.34. The fourth-order valence-corrected chi connectivity index (χ4v) is 3.80. The number of amides is 1. The molecular weight excluding hydrogens is 294 g/mol. The summed E-state index contributed by atoms with van der Waals surface area (Å²) in [5.74, 6) is -0.203. The summed E-state index contributed by atoms with van der Waals surface area (Å²) < 4.78 is 2.54. The standard InChI is InChI=1S/C18H19NO2S/c1-2-5-18(20)19(21)11-10-13-8-9-15-14-6-3-4-7-16(14)22-17(15)12-13/h3-4,6-9,12,21H,2,5,10-11H2,1H3. The zero-order chi connectivity index (χ0) is 15.5. The van der Waals surface area contributed by atoms with E-state index in [4.69, 9.17) is 0 Å². The SMILES string of the molecule is CCCC(=O)N(O)CCc1ccc2c(c1)sc1ccccc12. The number of hydrogen-bond acceptors (Lipinski definition) is 3. The van der Waals surface area contributed by atoms with Gasteiger partial charge in [-0.1, -0.05) is 37.3 Å². The zero-order valence-electron chi connectivity index (χ0n) is 12.6. The van der Waals surface area contributed by atoms with Gasteiger partial charge in [-0.3, -0.25) is 10.0 Å². The minimum absolute atomic E-state index is 0.203. The van der Waals surface area contributed by atoms with E-state index in [0.717, 1.165) is 17.0 Å². The van der Waals surface area contributed by atoms with Crippen LogP contribution in [0.15, 0.2) is 42.5 Å². The Kier molecular flexibility index (Phi) is 4.41. The number of hydrogen-bond donors (Lipinski definition) is 1. The van der Waals surface area contributed by atoms with Crippen molar-refractivity contribution in [1.29, 1.82) is 0 Å². The first-order valence-electron chi connectivity index (χ1n) is 7.58. The van der Waals surface area contributed by atoms with Gasteiger partial charge >= 0.3 is 0 Å². The molecule has 0 atom stereocenters. The van der Waals surface area contributed by atoms with Crippen LogP contribution in [-0.4, -0.2) is 22.7 Å². The maximum absolute atomic E-state index is 11.6. The van der Waals surface area contributed by atoms with Crippen LogP contribution in [0.3, 0.4) is 0 Å². The zero-order valence-corrected chi connectivity index (χ0v) is 13.4. The first-order valence-corrected chi connectivity index (χ1v) is 8.40. The van der Waals surface area contributed by atoms with Crippen LogP contribution in [0.2, 0.25) is 0 Å². The van der Waals surface area contributed by atoms with Crippen LogP contribution >= 0.6 is 11.3 Å². The number of carbonyl (C=O) groups excluding carboxylic acids is 1. The monoisotopic (exact) mass is 313 g/mol. The van der Waals surface area contributed by atoms with Gasteiger partial charge in [-0.05, 0) is 30.5 Å².